The predicted octanol–water partition coefficient (Wildman–Crippen LogP) is 4.34. The van der Waals surface area contributed by atoms with Gasteiger partial charge in [-0.15, -0.1) is 0 Å². The van der Waals surface area contributed by atoms with Crippen LogP contribution in [-0.2, 0) is 0 Å². The zero-order valence-corrected chi connectivity index (χ0v) is 11.9. The molecule has 2 aromatic carbocycles. The minimum atomic E-state index is -1.38. The summed E-state index contributed by atoms with van der Waals surface area (Å²) in [6.45, 7) is 0. The molecule has 2 aromatic rings. The fourth-order valence-electron chi connectivity index (χ4n) is 1.80. The molecular weight excluding hydrogens is 319 g/mol. The van der Waals surface area contributed by atoms with Crippen LogP contribution in [0.3, 0.4) is 0 Å². The van der Waals surface area contributed by atoms with Gasteiger partial charge in [0, 0.05) is 15.7 Å². The largest absolute Gasteiger partial charge is 0.477 e. The number of carboxylic acids is 1. The van der Waals surface area contributed by atoms with E-state index in [1.807, 2.05) is 0 Å². The summed E-state index contributed by atoms with van der Waals surface area (Å²) < 4.78 is 0. The van der Waals surface area contributed by atoms with Crippen molar-refractivity contribution in [3.05, 3.63) is 62.1 Å². The van der Waals surface area contributed by atoms with Crippen molar-refractivity contribution in [1.29, 1.82) is 0 Å². The smallest absolute Gasteiger partial charge is 0.342 e. The maximum Gasteiger partial charge on any atom is 0.342 e. The second-order valence-corrected chi connectivity index (χ2v) is 4.92. The summed E-state index contributed by atoms with van der Waals surface area (Å²) in [4.78, 5) is 21.4. The maximum absolute atomic E-state index is 11.1. The fourth-order valence-corrected chi connectivity index (χ4v) is 2.32. The van der Waals surface area contributed by atoms with Crippen LogP contribution in [0.25, 0.3) is 0 Å². The summed E-state index contributed by atoms with van der Waals surface area (Å²) in [5, 5.41) is 23.6. The van der Waals surface area contributed by atoms with Crippen LogP contribution in [0.1, 0.15) is 10.4 Å². The molecule has 0 aliphatic rings. The Morgan fingerprint density at radius 1 is 1.19 bits per heavy atom. The lowest BCUT2D eigenvalue weighted by Gasteiger charge is -2.09. The molecule has 0 saturated heterocycles. The van der Waals surface area contributed by atoms with Gasteiger partial charge in [-0.05, 0) is 30.3 Å². The number of hydrogen-bond donors (Lipinski definition) is 2. The third-order valence-electron chi connectivity index (χ3n) is 2.59. The fraction of sp³-hybridized carbons (Fsp3) is 0. The molecule has 0 aliphatic carbocycles. The van der Waals surface area contributed by atoms with Crippen LogP contribution in [0.4, 0.5) is 17.1 Å². The lowest BCUT2D eigenvalue weighted by Crippen LogP contribution is -2.05. The van der Waals surface area contributed by atoms with E-state index in [0.717, 1.165) is 6.07 Å². The molecule has 0 spiro atoms. The van der Waals surface area contributed by atoms with Gasteiger partial charge < -0.3 is 10.4 Å². The van der Waals surface area contributed by atoms with E-state index in [1.54, 1.807) is 0 Å². The standard InChI is InChI=1S/C13H8Cl2N2O4/c14-7-4-8(15)6-9(5-7)16-11-3-1-2-10(13(18)19)12(11)17(20)21/h1-6,16H,(H,18,19). The number of anilines is 2. The van der Waals surface area contributed by atoms with E-state index in [2.05, 4.69) is 5.32 Å². The van der Waals surface area contributed by atoms with Gasteiger partial charge in [0.05, 0.1) is 4.92 Å². The number of para-hydroxylation sites is 1. The zero-order valence-electron chi connectivity index (χ0n) is 10.3. The van der Waals surface area contributed by atoms with E-state index in [0.29, 0.717) is 15.7 Å². The van der Waals surface area contributed by atoms with Crippen LogP contribution in [0.5, 0.6) is 0 Å². The normalized spacial score (nSPS) is 10.2. The highest BCUT2D eigenvalue weighted by atomic mass is 35.5. The number of nitro groups is 1. The number of carboxylic acid groups (broad SMARTS) is 1. The Bertz CT molecular complexity index is 714. The Kier molecular flexibility index (Phi) is 4.30. The van der Waals surface area contributed by atoms with E-state index in [-0.39, 0.29) is 5.69 Å². The van der Waals surface area contributed by atoms with Gasteiger partial charge in [-0.25, -0.2) is 4.79 Å². The van der Waals surface area contributed by atoms with E-state index < -0.39 is 22.1 Å². The van der Waals surface area contributed by atoms with E-state index in [4.69, 9.17) is 28.3 Å². The third-order valence-corrected chi connectivity index (χ3v) is 3.03. The van der Waals surface area contributed by atoms with Gasteiger partial charge in [0.15, 0.2) is 0 Å². The van der Waals surface area contributed by atoms with Crippen molar-refractivity contribution >= 4 is 46.2 Å². The Labute approximate surface area is 129 Å². The zero-order chi connectivity index (χ0) is 15.6. The maximum atomic E-state index is 11.1. The molecule has 0 radical (unpaired) electrons. The third kappa shape index (κ3) is 3.42. The van der Waals surface area contributed by atoms with Gasteiger partial charge in [0.2, 0.25) is 0 Å². The number of carbonyl (C=O) groups is 1. The number of benzene rings is 2. The van der Waals surface area contributed by atoms with Crippen LogP contribution in [0.2, 0.25) is 10.0 Å². The number of nitrogens with one attached hydrogen (secondary N) is 1. The Morgan fingerprint density at radius 3 is 2.33 bits per heavy atom. The molecule has 0 atom stereocenters. The molecule has 0 amide bonds. The molecule has 2 N–H and O–H groups in total. The second kappa shape index (κ2) is 5.99. The lowest BCUT2D eigenvalue weighted by molar-refractivity contribution is -0.384. The average molecular weight is 327 g/mol. The van der Waals surface area contributed by atoms with E-state index in [9.17, 15) is 14.9 Å². The quantitative estimate of drug-likeness (QED) is 0.643. The topological polar surface area (TPSA) is 92.5 Å². The van der Waals surface area contributed by atoms with Gasteiger partial charge >= 0.3 is 11.7 Å². The molecule has 2 rings (SSSR count). The van der Waals surface area contributed by atoms with Crippen LogP contribution in [-0.4, -0.2) is 16.0 Å². The molecular formula is C13H8Cl2N2O4. The van der Waals surface area contributed by atoms with Crippen molar-refractivity contribution in [3.63, 3.8) is 0 Å². The van der Waals surface area contributed by atoms with Crippen molar-refractivity contribution < 1.29 is 14.8 Å². The Morgan fingerprint density at radius 2 is 1.81 bits per heavy atom. The van der Waals surface area contributed by atoms with Crippen LogP contribution >= 0.6 is 23.2 Å². The highest BCUT2D eigenvalue weighted by Gasteiger charge is 2.24. The number of aromatic carboxylic acids is 1. The first kappa shape index (κ1) is 15.1. The van der Waals surface area contributed by atoms with Crippen molar-refractivity contribution in [2.75, 3.05) is 5.32 Å². The SMILES string of the molecule is O=C(O)c1cccc(Nc2cc(Cl)cc(Cl)c2)c1[N+](=O)[O-]. The first-order valence-electron chi connectivity index (χ1n) is 5.62. The molecule has 0 saturated carbocycles. The molecule has 108 valence electrons. The first-order valence-corrected chi connectivity index (χ1v) is 6.38. The van der Waals surface area contributed by atoms with Crippen molar-refractivity contribution in [2.45, 2.75) is 0 Å². The number of rotatable bonds is 4. The summed E-state index contributed by atoms with van der Waals surface area (Å²) in [6, 6.07) is 8.52. The van der Waals surface area contributed by atoms with Gasteiger partial charge in [0.1, 0.15) is 11.3 Å². The van der Waals surface area contributed by atoms with Gasteiger partial charge in [-0.1, -0.05) is 29.3 Å². The van der Waals surface area contributed by atoms with Crippen LogP contribution in [0.15, 0.2) is 36.4 Å². The van der Waals surface area contributed by atoms with Crippen molar-refractivity contribution in [3.8, 4) is 0 Å². The minimum Gasteiger partial charge on any atom is -0.477 e. The number of hydrogen-bond acceptors (Lipinski definition) is 4. The molecule has 0 unspecified atom stereocenters. The summed E-state index contributed by atoms with van der Waals surface area (Å²) in [6.07, 6.45) is 0. The highest BCUT2D eigenvalue weighted by Crippen LogP contribution is 2.32. The molecule has 0 fully saturated rings. The second-order valence-electron chi connectivity index (χ2n) is 4.05. The minimum absolute atomic E-state index is 0.0400. The predicted molar refractivity (Wildman–Crippen MR) is 79.8 cm³/mol. The Balaban J connectivity index is 2.51. The molecule has 6 nitrogen and oxygen atoms in total. The molecule has 0 bridgehead atoms. The monoisotopic (exact) mass is 326 g/mol. The number of halogens is 2. The average Bonchev–Trinajstić information content (AvgIpc) is 2.36. The Hall–Kier alpha value is -2.31. The molecule has 21 heavy (non-hydrogen) atoms. The van der Waals surface area contributed by atoms with Gasteiger partial charge in [-0.3, -0.25) is 10.1 Å². The van der Waals surface area contributed by atoms with E-state index >= 15 is 0 Å². The highest BCUT2D eigenvalue weighted by molar-refractivity contribution is 6.35. The van der Waals surface area contributed by atoms with Crippen molar-refractivity contribution in [2.24, 2.45) is 0 Å². The van der Waals surface area contributed by atoms with Crippen LogP contribution in [0, 0.1) is 10.1 Å². The number of nitrogens with zero attached hydrogens (tertiary/aromatic N) is 1. The summed E-state index contributed by atoms with van der Waals surface area (Å²) in [5.41, 5.74) is -0.476. The summed E-state index contributed by atoms with van der Waals surface area (Å²) in [5.74, 6) is -1.38. The lowest BCUT2D eigenvalue weighted by atomic mass is 10.1. The van der Waals surface area contributed by atoms with Crippen molar-refractivity contribution in [1.82, 2.24) is 0 Å². The summed E-state index contributed by atoms with van der Waals surface area (Å²) in [7, 11) is 0. The molecule has 0 heterocycles. The van der Waals surface area contributed by atoms with Crippen LogP contribution < -0.4 is 5.32 Å². The first-order chi connectivity index (χ1) is 9.88. The van der Waals surface area contributed by atoms with Gasteiger partial charge in [-0.2, -0.15) is 0 Å². The number of nitro benzene ring substituents is 1. The molecule has 0 aromatic heterocycles. The molecule has 8 heteroatoms. The molecule has 0 aliphatic heterocycles. The van der Waals surface area contributed by atoms with Gasteiger partial charge in [0.25, 0.3) is 0 Å². The summed E-state index contributed by atoms with van der Waals surface area (Å²) >= 11 is 11.7. The van der Waals surface area contributed by atoms with E-state index in [1.165, 1.54) is 30.3 Å².